The number of carbonyl (C=O) groups excluding carboxylic acids is 2. The lowest BCUT2D eigenvalue weighted by molar-refractivity contribution is -0.384. The fourth-order valence-electron chi connectivity index (χ4n) is 5.71. The van der Waals surface area contributed by atoms with Gasteiger partial charge in [-0.2, -0.15) is 0 Å². The molecule has 0 saturated carbocycles. The van der Waals surface area contributed by atoms with Gasteiger partial charge in [-0.1, -0.05) is 0 Å². The Morgan fingerprint density at radius 2 is 1.97 bits per heavy atom. The van der Waals surface area contributed by atoms with Crippen LogP contribution in [0.4, 0.5) is 17.3 Å². The summed E-state index contributed by atoms with van der Waals surface area (Å²) in [6.45, 7) is 4.90. The smallest absolute Gasteiger partial charge is 0.310 e. The molecule has 3 aliphatic heterocycles. The van der Waals surface area contributed by atoms with Crippen molar-refractivity contribution in [2.75, 3.05) is 49.1 Å². The normalized spacial score (nSPS) is 23.5. The number of non-ortho nitro benzene ring substituents is 1. The Labute approximate surface area is 209 Å². The molecule has 0 aliphatic carbocycles. The maximum Gasteiger partial charge on any atom is 0.310 e. The van der Waals surface area contributed by atoms with Gasteiger partial charge < -0.3 is 19.4 Å². The minimum Gasteiger partial charge on any atom is -0.466 e. The summed E-state index contributed by atoms with van der Waals surface area (Å²) >= 11 is 0. The molecule has 190 valence electrons. The predicted molar refractivity (Wildman–Crippen MR) is 132 cm³/mol. The van der Waals surface area contributed by atoms with Gasteiger partial charge in [0.15, 0.2) is 0 Å². The molecular formula is C25H30N6O5. The van der Waals surface area contributed by atoms with E-state index in [0.717, 1.165) is 17.7 Å². The van der Waals surface area contributed by atoms with E-state index in [-0.39, 0.29) is 29.5 Å². The van der Waals surface area contributed by atoms with Gasteiger partial charge in [-0.15, -0.1) is 0 Å². The molecule has 3 atom stereocenters. The topological polar surface area (TPSA) is 122 Å². The van der Waals surface area contributed by atoms with Crippen molar-refractivity contribution >= 4 is 29.2 Å². The van der Waals surface area contributed by atoms with Gasteiger partial charge in [0, 0.05) is 62.9 Å². The van der Waals surface area contributed by atoms with Crippen molar-refractivity contribution in [3.8, 4) is 0 Å². The summed E-state index contributed by atoms with van der Waals surface area (Å²) in [4.78, 5) is 52.3. The number of carbonyl (C=O) groups is 2. The molecule has 3 aliphatic rings. The fraction of sp³-hybridized carbons (Fsp3) is 0.520. The lowest BCUT2D eigenvalue weighted by Crippen LogP contribution is -2.62. The van der Waals surface area contributed by atoms with Crippen molar-refractivity contribution in [3.05, 3.63) is 52.3 Å². The number of anilines is 2. The van der Waals surface area contributed by atoms with Gasteiger partial charge in [0.1, 0.15) is 0 Å². The van der Waals surface area contributed by atoms with Crippen molar-refractivity contribution < 1.29 is 19.2 Å². The molecule has 2 fully saturated rings. The Bertz CT molecular complexity index is 1150. The van der Waals surface area contributed by atoms with Crippen molar-refractivity contribution in [2.45, 2.75) is 32.2 Å². The Hall–Kier alpha value is -3.76. The molecule has 2 aromatic rings. The number of aromatic nitrogens is 2. The number of nitro groups is 1. The molecule has 36 heavy (non-hydrogen) atoms. The van der Waals surface area contributed by atoms with E-state index < -0.39 is 10.8 Å². The summed E-state index contributed by atoms with van der Waals surface area (Å²) in [5.41, 5.74) is 1.77. The van der Waals surface area contributed by atoms with Crippen LogP contribution >= 0.6 is 0 Å². The predicted octanol–water partition coefficient (Wildman–Crippen LogP) is 2.05. The highest BCUT2D eigenvalue weighted by Crippen LogP contribution is 2.39. The highest BCUT2D eigenvalue weighted by molar-refractivity contribution is 5.84. The number of amides is 1. The monoisotopic (exact) mass is 494 g/mol. The van der Waals surface area contributed by atoms with Gasteiger partial charge in [-0.3, -0.25) is 19.7 Å². The molecule has 0 N–H and O–H groups in total. The first-order chi connectivity index (χ1) is 17.5. The standard InChI is InChI=1S/C25H30N6O5/c1-2-36-24(33)17-5-3-10-28(15-17)23(32)20-14-18-13-19(31(34)35)6-7-21(18)30-12-11-29(16-22(20)30)25-26-8-4-9-27-25/h4,6-9,13,17,20,22H,2-3,5,10-12,14-16H2,1H3. The number of benzene rings is 1. The molecule has 1 aromatic heterocycles. The second-order valence-corrected chi connectivity index (χ2v) is 9.51. The molecule has 1 amide bonds. The number of hydrogen-bond acceptors (Lipinski definition) is 9. The van der Waals surface area contributed by atoms with Gasteiger partial charge in [0.05, 0.1) is 29.4 Å². The number of esters is 1. The van der Waals surface area contributed by atoms with Gasteiger partial charge in [-0.05, 0) is 43.9 Å². The second kappa shape index (κ2) is 10.1. The lowest BCUT2D eigenvalue weighted by atomic mass is 9.82. The quantitative estimate of drug-likeness (QED) is 0.349. The first kappa shape index (κ1) is 24.0. The number of piperazine rings is 1. The Balaban J connectivity index is 1.44. The number of fused-ring (bicyclic) bond motifs is 3. The zero-order valence-corrected chi connectivity index (χ0v) is 20.3. The molecule has 2 saturated heterocycles. The SMILES string of the molecule is CCOC(=O)C1CCCN(C(=O)C2Cc3cc([N+](=O)[O-])ccc3N3CCN(c4ncccn4)CC23)C1. The van der Waals surface area contributed by atoms with Crippen LogP contribution in [0.2, 0.25) is 0 Å². The number of nitrogens with zero attached hydrogens (tertiary/aromatic N) is 6. The van der Waals surface area contributed by atoms with E-state index >= 15 is 0 Å². The second-order valence-electron chi connectivity index (χ2n) is 9.51. The highest BCUT2D eigenvalue weighted by Gasteiger charge is 2.44. The molecule has 5 rings (SSSR count). The molecule has 11 nitrogen and oxygen atoms in total. The number of piperidine rings is 1. The van der Waals surface area contributed by atoms with E-state index in [1.54, 1.807) is 42.4 Å². The third-order valence-electron chi connectivity index (χ3n) is 7.41. The van der Waals surface area contributed by atoms with Crippen LogP contribution in [0.3, 0.4) is 0 Å². The summed E-state index contributed by atoms with van der Waals surface area (Å²) < 4.78 is 5.22. The fourth-order valence-corrected chi connectivity index (χ4v) is 5.71. The van der Waals surface area contributed by atoms with E-state index in [0.29, 0.717) is 58.1 Å². The van der Waals surface area contributed by atoms with Crippen molar-refractivity contribution in [1.82, 2.24) is 14.9 Å². The van der Waals surface area contributed by atoms with Crippen molar-refractivity contribution in [3.63, 3.8) is 0 Å². The first-order valence-electron chi connectivity index (χ1n) is 12.5. The van der Waals surface area contributed by atoms with Crippen LogP contribution in [0.15, 0.2) is 36.7 Å². The largest absolute Gasteiger partial charge is 0.466 e. The molecular weight excluding hydrogens is 464 g/mol. The van der Waals surface area contributed by atoms with Crippen molar-refractivity contribution in [2.24, 2.45) is 11.8 Å². The zero-order valence-electron chi connectivity index (χ0n) is 20.3. The van der Waals surface area contributed by atoms with Gasteiger partial charge in [0.25, 0.3) is 5.69 Å². The Morgan fingerprint density at radius 3 is 2.72 bits per heavy atom. The molecule has 1 aromatic carbocycles. The molecule has 0 spiro atoms. The maximum absolute atomic E-state index is 14.0. The average Bonchev–Trinajstić information content (AvgIpc) is 2.92. The number of nitro benzene ring substituents is 1. The van der Waals surface area contributed by atoms with Crippen molar-refractivity contribution in [1.29, 1.82) is 0 Å². The van der Waals surface area contributed by atoms with Crippen LogP contribution in [0.1, 0.15) is 25.3 Å². The molecule has 3 unspecified atom stereocenters. The van der Waals surface area contributed by atoms with Crippen LogP contribution in [-0.2, 0) is 20.7 Å². The van der Waals surface area contributed by atoms with E-state index in [9.17, 15) is 19.7 Å². The first-order valence-corrected chi connectivity index (χ1v) is 12.5. The lowest BCUT2D eigenvalue weighted by Gasteiger charge is -2.50. The van der Waals surface area contributed by atoms with Crippen LogP contribution in [0, 0.1) is 22.0 Å². The Morgan fingerprint density at radius 1 is 1.17 bits per heavy atom. The van der Waals surface area contributed by atoms with E-state index in [1.165, 1.54) is 6.07 Å². The summed E-state index contributed by atoms with van der Waals surface area (Å²) in [6, 6.07) is 6.54. The van der Waals surface area contributed by atoms with Crippen LogP contribution in [0.25, 0.3) is 0 Å². The number of rotatable bonds is 5. The third-order valence-corrected chi connectivity index (χ3v) is 7.41. The molecule has 11 heteroatoms. The number of likely N-dealkylation sites (tertiary alicyclic amines) is 1. The zero-order chi connectivity index (χ0) is 25.2. The van der Waals surface area contributed by atoms with Gasteiger partial charge in [-0.25, -0.2) is 9.97 Å². The van der Waals surface area contributed by atoms with Crippen LogP contribution in [-0.4, -0.2) is 77.0 Å². The summed E-state index contributed by atoms with van der Waals surface area (Å²) in [5, 5.41) is 11.4. The summed E-state index contributed by atoms with van der Waals surface area (Å²) in [6.07, 6.45) is 5.26. The third kappa shape index (κ3) is 4.57. The molecule has 0 bridgehead atoms. The number of ether oxygens (including phenoxy) is 1. The average molecular weight is 495 g/mol. The van der Waals surface area contributed by atoms with E-state index in [1.807, 2.05) is 0 Å². The summed E-state index contributed by atoms with van der Waals surface area (Å²) in [5.74, 6) is -0.389. The highest BCUT2D eigenvalue weighted by atomic mass is 16.6. The van der Waals surface area contributed by atoms with E-state index in [2.05, 4.69) is 19.8 Å². The number of hydrogen-bond donors (Lipinski definition) is 0. The molecule has 0 radical (unpaired) electrons. The minimum atomic E-state index is -0.410. The van der Waals surface area contributed by atoms with Gasteiger partial charge in [0.2, 0.25) is 11.9 Å². The summed E-state index contributed by atoms with van der Waals surface area (Å²) in [7, 11) is 0. The van der Waals surface area contributed by atoms with Crippen LogP contribution in [0.5, 0.6) is 0 Å². The van der Waals surface area contributed by atoms with E-state index in [4.69, 9.17) is 4.74 Å². The Kier molecular flexibility index (Phi) is 6.71. The van der Waals surface area contributed by atoms with Crippen LogP contribution < -0.4 is 9.80 Å². The molecule has 4 heterocycles. The maximum atomic E-state index is 14.0. The van der Waals surface area contributed by atoms with Gasteiger partial charge >= 0.3 is 5.97 Å². The minimum absolute atomic E-state index is 0.0213.